The SMILES string of the molecule is CNc1cncc([C@H]2CCCN2C(=O)c2ccsc2)n1. The van der Waals surface area contributed by atoms with Gasteiger partial charge in [0.15, 0.2) is 0 Å². The van der Waals surface area contributed by atoms with Crippen LogP contribution in [0.5, 0.6) is 0 Å². The van der Waals surface area contributed by atoms with E-state index in [4.69, 9.17) is 0 Å². The van der Waals surface area contributed by atoms with Crippen LogP contribution in [0, 0.1) is 0 Å². The van der Waals surface area contributed by atoms with Crippen molar-refractivity contribution in [3.05, 3.63) is 40.5 Å². The smallest absolute Gasteiger partial charge is 0.255 e. The van der Waals surface area contributed by atoms with E-state index in [1.807, 2.05) is 28.8 Å². The fraction of sp³-hybridized carbons (Fsp3) is 0.357. The first kappa shape index (κ1) is 13.1. The molecule has 6 heteroatoms. The maximum atomic E-state index is 12.5. The van der Waals surface area contributed by atoms with Crippen LogP contribution < -0.4 is 5.32 Å². The van der Waals surface area contributed by atoms with Gasteiger partial charge in [-0.2, -0.15) is 11.3 Å². The van der Waals surface area contributed by atoms with Crippen molar-refractivity contribution in [3.8, 4) is 0 Å². The zero-order valence-electron chi connectivity index (χ0n) is 11.2. The molecule has 1 fully saturated rings. The Morgan fingerprint density at radius 1 is 1.50 bits per heavy atom. The van der Waals surface area contributed by atoms with Gasteiger partial charge in [-0.1, -0.05) is 0 Å². The van der Waals surface area contributed by atoms with E-state index in [0.29, 0.717) is 0 Å². The summed E-state index contributed by atoms with van der Waals surface area (Å²) in [6.45, 7) is 0.783. The van der Waals surface area contributed by atoms with Gasteiger partial charge in [0, 0.05) is 19.0 Å². The number of aromatic nitrogens is 2. The highest BCUT2D eigenvalue weighted by molar-refractivity contribution is 7.08. The van der Waals surface area contributed by atoms with Gasteiger partial charge in [-0.15, -0.1) is 0 Å². The second-order valence-corrected chi connectivity index (χ2v) is 5.53. The molecule has 1 saturated heterocycles. The molecule has 1 aliphatic heterocycles. The molecule has 1 atom stereocenters. The third kappa shape index (κ3) is 2.38. The summed E-state index contributed by atoms with van der Waals surface area (Å²) < 4.78 is 0. The molecule has 104 valence electrons. The summed E-state index contributed by atoms with van der Waals surface area (Å²) >= 11 is 1.54. The number of carbonyl (C=O) groups is 1. The van der Waals surface area contributed by atoms with E-state index in [0.717, 1.165) is 36.5 Å². The highest BCUT2D eigenvalue weighted by Crippen LogP contribution is 2.32. The molecule has 2 aromatic heterocycles. The van der Waals surface area contributed by atoms with Gasteiger partial charge in [-0.3, -0.25) is 9.78 Å². The molecule has 5 nitrogen and oxygen atoms in total. The third-order valence-electron chi connectivity index (χ3n) is 3.53. The summed E-state index contributed by atoms with van der Waals surface area (Å²) in [5, 5.41) is 6.81. The Labute approximate surface area is 121 Å². The van der Waals surface area contributed by atoms with Gasteiger partial charge in [-0.05, 0) is 24.3 Å². The molecular weight excluding hydrogens is 272 g/mol. The van der Waals surface area contributed by atoms with Gasteiger partial charge in [-0.25, -0.2) is 4.98 Å². The highest BCUT2D eigenvalue weighted by atomic mass is 32.1. The Balaban J connectivity index is 1.86. The molecule has 1 amide bonds. The van der Waals surface area contributed by atoms with Gasteiger partial charge in [0.2, 0.25) is 0 Å². The van der Waals surface area contributed by atoms with Crippen molar-refractivity contribution in [2.75, 3.05) is 18.9 Å². The van der Waals surface area contributed by atoms with Crippen molar-refractivity contribution < 1.29 is 4.79 Å². The van der Waals surface area contributed by atoms with E-state index in [1.165, 1.54) is 0 Å². The molecule has 20 heavy (non-hydrogen) atoms. The number of hydrogen-bond acceptors (Lipinski definition) is 5. The molecule has 1 aliphatic rings. The number of amides is 1. The summed E-state index contributed by atoms with van der Waals surface area (Å²) in [7, 11) is 1.82. The Kier molecular flexibility index (Phi) is 3.64. The van der Waals surface area contributed by atoms with Crippen LogP contribution in [-0.4, -0.2) is 34.4 Å². The number of thiophene rings is 1. The standard InChI is InChI=1S/C14H16N4OS/c1-15-13-8-16-7-11(17-13)12-3-2-5-18(12)14(19)10-4-6-20-9-10/h4,6-9,12H,2-3,5H2,1H3,(H,15,17)/t12-/m1/s1. The van der Waals surface area contributed by atoms with Crippen LogP contribution in [0.2, 0.25) is 0 Å². The van der Waals surface area contributed by atoms with E-state index in [2.05, 4.69) is 15.3 Å². The lowest BCUT2D eigenvalue weighted by Gasteiger charge is -2.24. The van der Waals surface area contributed by atoms with Crippen molar-refractivity contribution in [2.45, 2.75) is 18.9 Å². The van der Waals surface area contributed by atoms with Crippen LogP contribution in [0.4, 0.5) is 5.82 Å². The quantitative estimate of drug-likeness (QED) is 0.943. The zero-order chi connectivity index (χ0) is 13.9. The zero-order valence-corrected chi connectivity index (χ0v) is 12.1. The van der Waals surface area contributed by atoms with Gasteiger partial charge in [0.25, 0.3) is 5.91 Å². The normalized spacial score (nSPS) is 18.2. The summed E-state index contributed by atoms with van der Waals surface area (Å²) in [5.74, 6) is 0.822. The number of nitrogens with one attached hydrogen (secondary N) is 1. The minimum atomic E-state index is 0.0307. The van der Waals surface area contributed by atoms with E-state index < -0.39 is 0 Å². The summed E-state index contributed by atoms with van der Waals surface area (Å²) in [4.78, 5) is 23.1. The van der Waals surface area contributed by atoms with Crippen LogP contribution >= 0.6 is 11.3 Å². The van der Waals surface area contributed by atoms with Crippen molar-refractivity contribution in [2.24, 2.45) is 0 Å². The second kappa shape index (κ2) is 5.58. The Hall–Kier alpha value is -1.95. The monoisotopic (exact) mass is 288 g/mol. The lowest BCUT2D eigenvalue weighted by molar-refractivity contribution is 0.0733. The maximum Gasteiger partial charge on any atom is 0.255 e. The van der Waals surface area contributed by atoms with Crippen molar-refractivity contribution in [3.63, 3.8) is 0 Å². The Morgan fingerprint density at radius 2 is 2.40 bits per heavy atom. The number of anilines is 1. The molecule has 3 rings (SSSR count). The minimum Gasteiger partial charge on any atom is -0.372 e. The molecule has 1 N–H and O–H groups in total. The van der Waals surface area contributed by atoms with E-state index in [-0.39, 0.29) is 11.9 Å². The largest absolute Gasteiger partial charge is 0.372 e. The average Bonchev–Trinajstić information content (AvgIpc) is 3.17. The first-order valence-corrected chi connectivity index (χ1v) is 7.56. The summed E-state index contributed by atoms with van der Waals surface area (Å²) in [6, 6.07) is 1.90. The molecule has 3 heterocycles. The molecule has 2 aromatic rings. The van der Waals surface area contributed by atoms with Crippen molar-refractivity contribution in [1.29, 1.82) is 0 Å². The molecule has 0 unspecified atom stereocenters. The second-order valence-electron chi connectivity index (χ2n) is 4.75. The minimum absolute atomic E-state index is 0.0307. The maximum absolute atomic E-state index is 12.5. The summed E-state index contributed by atoms with van der Waals surface area (Å²) in [5.41, 5.74) is 1.62. The van der Waals surface area contributed by atoms with E-state index >= 15 is 0 Å². The van der Waals surface area contributed by atoms with E-state index in [9.17, 15) is 4.79 Å². The van der Waals surface area contributed by atoms with Crippen molar-refractivity contribution >= 4 is 23.1 Å². The fourth-order valence-corrected chi connectivity index (χ4v) is 3.16. The van der Waals surface area contributed by atoms with Gasteiger partial charge in [0.1, 0.15) is 5.82 Å². The van der Waals surface area contributed by atoms with Gasteiger partial charge >= 0.3 is 0 Å². The molecule has 0 saturated carbocycles. The first-order valence-electron chi connectivity index (χ1n) is 6.62. The molecule has 0 aliphatic carbocycles. The van der Waals surface area contributed by atoms with Crippen LogP contribution in [0.15, 0.2) is 29.2 Å². The number of likely N-dealkylation sites (tertiary alicyclic amines) is 1. The molecule has 0 aromatic carbocycles. The Bertz CT molecular complexity index is 599. The first-order chi connectivity index (χ1) is 9.79. The van der Waals surface area contributed by atoms with Crippen LogP contribution in [-0.2, 0) is 0 Å². The molecular formula is C14H16N4OS. The number of nitrogens with zero attached hydrogens (tertiary/aromatic N) is 3. The predicted octanol–water partition coefficient (Wildman–Crippen LogP) is 2.56. The Morgan fingerprint density at radius 3 is 3.15 bits per heavy atom. The average molecular weight is 288 g/mol. The molecule has 0 bridgehead atoms. The number of rotatable bonds is 3. The van der Waals surface area contributed by atoms with Crippen LogP contribution in [0.25, 0.3) is 0 Å². The number of hydrogen-bond donors (Lipinski definition) is 1. The van der Waals surface area contributed by atoms with Crippen molar-refractivity contribution in [1.82, 2.24) is 14.9 Å². The molecule has 0 spiro atoms. The van der Waals surface area contributed by atoms with Crippen LogP contribution in [0.3, 0.4) is 0 Å². The van der Waals surface area contributed by atoms with Crippen LogP contribution in [0.1, 0.15) is 34.9 Å². The third-order valence-corrected chi connectivity index (χ3v) is 4.22. The van der Waals surface area contributed by atoms with Gasteiger partial charge < -0.3 is 10.2 Å². The topological polar surface area (TPSA) is 58.1 Å². The lowest BCUT2D eigenvalue weighted by Crippen LogP contribution is -2.30. The van der Waals surface area contributed by atoms with Gasteiger partial charge in [0.05, 0.1) is 29.7 Å². The number of carbonyl (C=O) groups excluding carboxylic acids is 1. The molecule has 0 radical (unpaired) electrons. The highest BCUT2D eigenvalue weighted by Gasteiger charge is 2.31. The fourth-order valence-electron chi connectivity index (χ4n) is 2.53. The predicted molar refractivity (Wildman–Crippen MR) is 78.9 cm³/mol. The lowest BCUT2D eigenvalue weighted by atomic mass is 10.1. The summed E-state index contributed by atoms with van der Waals surface area (Å²) in [6.07, 6.45) is 5.39. The van der Waals surface area contributed by atoms with E-state index in [1.54, 1.807) is 23.7 Å².